The van der Waals surface area contributed by atoms with Gasteiger partial charge >= 0.3 is 6.18 Å². The second-order valence-electron chi connectivity index (χ2n) is 5.65. The van der Waals surface area contributed by atoms with Gasteiger partial charge in [0.25, 0.3) is 0 Å². The zero-order chi connectivity index (χ0) is 18.6. The van der Waals surface area contributed by atoms with Gasteiger partial charge in [-0.15, -0.1) is 5.10 Å². The molecule has 0 saturated carbocycles. The predicted octanol–water partition coefficient (Wildman–Crippen LogP) is 4.27. The summed E-state index contributed by atoms with van der Waals surface area (Å²) in [6.07, 6.45) is -3.01. The van der Waals surface area contributed by atoms with E-state index in [9.17, 15) is 13.2 Å². The largest absolute Gasteiger partial charge is 0.418 e. The lowest BCUT2D eigenvalue weighted by Gasteiger charge is -2.18. The first kappa shape index (κ1) is 17.7. The molecule has 1 heterocycles. The van der Waals surface area contributed by atoms with Crippen LogP contribution in [0.25, 0.3) is 0 Å². The van der Waals surface area contributed by atoms with Gasteiger partial charge in [0.05, 0.1) is 17.4 Å². The molecule has 0 radical (unpaired) electrons. The number of hydrogen-bond acceptors (Lipinski definition) is 5. The van der Waals surface area contributed by atoms with E-state index in [1.807, 2.05) is 42.3 Å². The highest BCUT2D eigenvalue weighted by molar-refractivity contribution is 5.60. The van der Waals surface area contributed by atoms with Gasteiger partial charge in [0.1, 0.15) is 0 Å². The fourth-order valence-corrected chi connectivity index (χ4v) is 2.43. The van der Waals surface area contributed by atoms with E-state index in [-0.39, 0.29) is 11.6 Å². The fourth-order valence-electron chi connectivity index (χ4n) is 2.43. The molecule has 0 saturated heterocycles. The number of nitrogens with one attached hydrogen (secondary N) is 1. The number of para-hydroxylation sites is 1. The van der Waals surface area contributed by atoms with Crippen LogP contribution in [0, 0.1) is 0 Å². The molecule has 1 aromatic heterocycles. The van der Waals surface area contributed by atoms with Crippen LogP contribution < -0.4 is 10.2 Å². The topological polar surface area (TPSA) is 53.9 Å². The summed E-state index contributed by atoms with van der Waals surface area (Å²) in [4.78, 5) is 6.10. The molecule has 0 unspecified atom stereocenters. The molecule has 0 amide bonds. The van der Waals surface area contributed by atoms with Crippen molar-refractivity contribution in [2.45, 2.75) is 12.7 Å². The van der Waals surface area contributed by atoms with E-state index in [0.29, 0.717) is 12.4 Å². The van der Waals surface area contributed by atoms with Crippen molar-refractivity contribution in [3.63, 3.8) is 0 Å². The highest BCUT2D eigenvalue weighted by Crippen LogP contribution is 2.35. The van der Waals surface area contributed by atoms with Crippen LogP contribution in [0.4, 0.5) is 30.6 Å². The Morgan fingerprint density at radius 2 is 1.69 bits per heavy atom. The first-order valence-electron chi connectivity index (χ1n) is 7.81. The van der Waals surface area contributed by atoms with E-state index >= 15 is 0 Å². The summed E-state index contributed by atoms with van der Waals surface area (Å²) in [5.41, 5.74) is 0.168. The summed E-state index contributed by atoms with van der Waals surface area (Å²) in [6, 6.07) is 14.9. The molecule has 1 N–H and O–H groups in total. The zero-order valence-electron chi connectivity index (χ0n) is 13.9. The minimum atomic E-state index is -4.47. The molecule has 2 aromatic carbocycles. The third kappa shape index (κ3) is 4.27. The maximum absolute atomic E-state index is 13.1. The zero-order valence-corrected chi connectivity index (χ0v) is 13.9. The quantitative estimate of drug-likeness (QED) is 0.737. The van der Waals surface area contributed by atoms with Crippen LogP contribution in [0.5, 0.6) is 0 Å². The van der Waals surface area contributed by atoms with Crippen molar-refractivity contribution in [1.82, 2.24) is 15.2 Å². The van der Waals surface area contributed by atoms with Crippen LogP contribution in [0.2, 0.25) is 0 Å². The average Bonchev–Trinajstić information content (AvgIpc) is 2.62. The second-order valence-corrected chi connectivity index (χ2v) is 5.65. The van der Waals surface area contributed by atoms with E-state index < -0.39 is 11.7 Å². The lowest BCUT2D eigenvalue weighted by Crippen LogP contribution is -2.19. The molecule has 0 aliphatic carbocycles. The van der Waals surface area contributed by atoms with E-state index in [0.717, 1.165) is 11.6 Å². The maximum Gasteiger partial charge on any atom is 0.418 e. The van der Waals surface area contributed by atoms with Crippen LogP contribution in [-0.4, -0.2) is 22.2 Å². The molecule has 0 bridgehead atoms. The summed E-state index contributed by atoms with van der Waals surface area (Å²) in [5.74, 6) is 0.495. The standard InChI is InChI=1S/C18H16F3N5/c1-26(12-13-7-3-2-4-8-13)16-11-22-25-17(24-16)23-15-10-6-5-9-14(15)18(19,20)21/h2-11H,12H2,1H3,(H,23,24,25). The maximum atomic E-state index is 13.1. The number of aromatic nitrogens is 3. The highest BCUT2D eigenvalue weighted by Gasteiger charge is 2.33. The number of benzene rings is 2. The van der Waals surface area contributed by atoms with Gasteiger partial charge < -0.3 is 10.2 Å². The molecule has 0 aliphatic heterocycles. The van der Waals surface area contributed by atoms with Gasteiger partial charge in [0.15, 0.2) is 5.82 Å². The van der Waals surface area contributed by atoms with Gasteiger partial charge in [-0.05, 0) is 17.7 Å². The van der Waals surface area contributed by atoms with Gasteiger partial charge in [-0.1, -0.05) is 42.5 Å². The summed E-state index contributed by atoms with van der Waals surface area (Å²) in [6.45, 7) is 0.581. The Morgan fingerprint density at radius 3 is 2.42 bits per heavy atom. The first-order chi connectivity index (χ1) is 12.4. The van der Waals surface area contributed by atoms with Gasteiger partial charge in [-0.3, -0.25) is 0 Å². The molecule has 3 aromatic rings. The van der Waals surface area contributed by atoms with Gasteiger partial charge in [-0.2, -0.15) is 23.3 Å². The van der Waals surface area contributed by atoms with Crippen LogP contribution in [0.1, 0.15) is 11.1 Å². The minimum Gasteiger partial charge on any atom is -0.354 e. The van der Waals surface area contributed by atoms with Gasteiger partial charge in [0, 0.05) is 13.6 Å². The number of nitrogens with zero attached hydrogens (tertiary/aromatic N) is 4. The molecule has 3 rings (SSSR count). The van der Waals surface area contributed by atoms with Crippen molar-refractivity contribution < 1.29 is 13.2 Å². The number of halogens is 3. The molecule has 5 nitrogen and oxygen atoms in total. The third-order valence-electron chi connectivity index (χ3n) is 3.68. The summed E-state index contributed by atoms with van der Waals surface area (Å²) >= 11 is 0. The Bertz CT molecular complexity index is 868. The monoisotopic (exact) mass is 359 g/mol. The van der Waals surface area contributed by atoms with Crippen LogP contribution >= 0.6 is 0 Å². The minimum absolute atomic E-state index is 0.000823. The lowest BCUT2D eigenvalue weighted by atomic mass is 10.1. The Labute approximate surface area is 148 Å². The Morgan fingerprint density at radius 1 is 1.00 bits per heavy atom. The Kier molecular flexibility index (Phi) is 5.01. The molecule has 134 valence electrons. The number of rotatable bonds is 5. The molecule has 8 heteroatoms. The summed E-state index contributed by atoms with van der Waals surface area (Å²) in [7, 11) is 1.82. The van der Waals surface area contributed by atoms with Crippen molar-refractivity contribution in [3.05, 3.63) is 71.9 Å². The summed E-state index contributed by atoms with van der Waals surface area (Å²) < 4.78 is 39.3. The average molecular weight is 359 g/mol. The molecule has 0 spiro atoms. The van der Waals surface area contributed by atoms with Crippen molar-refractivity contribution in [3.8, 4) is 0 Å². The van der Waals surface area contributed by atoms with E-state index in [2.05, 4.69) is 20.5 Å². The Hall–Kier alpha value is -3.16. The normalized spacial score (nSPS) is 11.2. The molecule has 0 atom stereocenters. The first-order valence-corrected chi connectivity index (χ1v) is 7.81. The van der Waals surface area contributed by atoms with Gasteiger partial charge in [0.2, 0.25) is 5.95 Å². The molecule has 0 aliphatic rings. The smallest absolute Gasteiger partial charge is 0.354 e. The molecule has 0 fully saturated rings. The number of alkyl halides is 3. The van der Waals surface area contributed by atoms with E-state index in [1.54, 1.807) is 0 Å². The molecular formula is C18H16F3N5. The van der Waals surface area contributed by atoms with Crippen molar-refractivity contribution in [1.29, 1.82) is 0 Å². The van der Waals surface area contributed by atoms with Crippen LogP contribution in [-0.2, 0) is 12.7 Å². The van der Waals surface area contributed by atoms with Crippen molar-refractivity contribution >= 4 is 17.5 Å². The van der Waals surface area contributed by atoms with Crippen LogP contribution in [0.15, 0.2) is 60.8 Å². The predicted molar refractivity (Wildman–Crippen MR) is 93.1 cm³/mol. The second kappa shape index (κ2) is 7.38. The SMILES string of the molecule is CN(Cc1ccccc1)c1cnnc(Nc2ccccc2C(F)(F)F)n1. The third-order valence-corrected chi connectivity index (χ3v) is 3.68. The summed E-state index contributed by atoms with van der Waals surface area (Å²) in [5, 5.41) is 10.2. The number of anilines is 3. The Balaban J connectivity index is 1.80. The van der Waals surface area contributed by atoms with Crippen molar-refractivity contribution in [2.24, 2.45) is 0 Å². The highest BCUT2D eigenvalue weighted by atomic mass is 19.4. The lowest BCUT2D eigenvalue weighted by molar-refractivity contribution is -0.136. The van der Waals surface area contributed by atoms with E-state index in [4.69, 9.17) is 0 Å². The molecule has 26 heavy (non-hydrogen) atoms. The van der Waals surface area contributed by atoms with Crippen molar-refractivity contribution in [2.75, 3.05) is 17.3 Å². The molecular weight excluding hydrogens is 343 g/mol. The fraction of sp³-hybridized carbons (Fsp3) is 0.167. The van der Waals surface area contributed by atoms with Gasteiger partial charge in [-0.25, -0.2) is 0 Å². The van der Waals surface area contributed by atoms with E-state index in [1.165, 1.54) is 24.4 Å². The number of hydrogen-bond donors (Lipinski definition) is 1. The van der Waals surface area contributed by atoms with Crippen LogP contribution in [0.3, 0.4) is 0 Å².